The smallest absolute Gasteiger partial charge is 0.410 e. The van der Waals surface area contributed by atoms with E-state index in [4.69, 9.17) is 4.74 Å². The summed E-state index contributed by atoms with van der Waals surface area (Å²) in [6, 6.07) is -0.287. The van der Waals surface area contributed by atoms with Crippen LogP contribution in [-0.4, -0.2) is 35.0 Å². The molecule has 0 aromatic heterocycles. The van der Waals surface area contributed by atoms with Gasteiger partial charge in [-0.15, -0.1) is 0 Å². The monoisotopic (exact) mass is 241 g/mol. The lowest BCUT2D eigenvalue weighted by Gasteiger charge is -2.27. The van der Waals surface area contributed by atoms with Gasteiger partial charge < -0.3 is 4.74 Å². The van der Waals surface area contributed by atoms with Crippen LogP contribution >= 0.6 is 0 Å². The molecule has 0 unspecified atom stereocenters. The Hall–Kier alpha value is -1.06. The van der Waals surface area contributed by atoms with Crippen LogP contribution in [0.3, 0.4) is 0 Å². The van der Waals surface area contributed by atoms with E-state index in [1.807, 2.05) is 27.7 Å². The third kappa shape index (κ3) is 3.72. The molecule has 0 aromatic carbocycles. The molecule has 0 radical (unpaired) electrons. The van der Waals surface area contributed by atoms with Crippen molar-refractivity contribution in [2.24, 2.45) is 5.92 Å². The standard InChI is InChI=1S/C13H23NO3/c1-6-11(15)10-7-9(2)8-14(10)12(16)17-13(3,4)5/h9-10H,6-8H2,1-5H3/t9-,10+/m1/s1. The van der Waals surface area contributed by atoms with Crippen molar-refractivity contribution >= 4 is 11.9 Å². The van der Waals surface area contributed by atoms with Crippen LogP contribution in [-0.2, 0) is 9.53 Å². The second kappa shape index (κ2) is 5.07. The van der Waals surface area contributed by atoms with E-state index in [2.05, 4.69) is 6.92 Å². The molecule has 1 fully saturated rings. The van der Waals surface area contributed by atoms with Crippen molar-refractivity contribution in [2.45, 2.75) is 59.1 Å². The predicted octanol–water partition coefficient (Wildman–Crippen LogP) is 2.61. The Bertz CT molecular complexity index is 306. The quantitative estimate of drug-likeness (QED) is 0.746. The molecule has 4 nitrogen and oxygen atoms in total. The van der Waals surface area contributed by atoms with E-state index in [0.29, 0.717) is 18.9 Å². The van der Waals surface area contributed by atoms with Crippen molar-refractivity contribution in [2.75, 3.05) is 6.54 Å². The van der Waals surface area contributed by atoms with Crippen molar-refractivity contribution in [3.63, 3.8) is 0 Å². The van der Waals surface area contributed by atoms with Gasteiger partial charge in [0.05, 0.1) is 6.04 Å². The molecule has 1 saturated heterocycles. The van der Waals surface area contributed by atoms with Crippen LogP contribution in [0.15, 0.2) is 0 Å². The summed E-state index contributed by atoms with van der Waals surface area (Å²) in [6.07, 6.45) is 0.858. The fraction of sp³-hybridized carbons (Fsp3) is 0.846. The van der Waals surface area contributed by atoms with Crippen LogP contribution in [0.25, 0.3) is 0 Å². The Balaban J connectivity index is 2.73. The summed E-state index contributed by atoms with van der Waals surface area (Å²) in [5.74, 6) is 0.489. The first-order valence-electron chi connectivity index (χ1n) is 6.27. The number of hydrogen-bond acceptors (Lipinski definition) is 3. The number of nitrogens with zero attached hydrogens (tertiary/aromatic N) is 1. The number of hydrogen-bond donors (Lipinski definition) is 0. The largest absolute Gasteiger partial charge is 0.444 e. The van der Waals surface area contributed by atoms with Crippen molar-refractivity contribution in [1.29, 1.82) is 0 Å². The van der Waals surface area contributed by atoms with Gasteiger partial charge in [0.25, 0.3) is 0 Å². The topological polar surface area (TPSA) is 46.6 Å². The molecule has 4 heteroatoms. The van der Waals surface area contributed by atoms with Gasteiger partial charge in [-0.2, -0.15) is 0 Å². The van der Waals surface area contributed by atoms with Crippen LogP contribution < -0.4 is 0 Å². The number of amides is 1. The zero-order chi connectivity index (χ0) is 13.2. The minimum absolute atomic E-state index is 0.125. The molecule has 0 bridgehead atoms. The molecule has 1 heterocycles. The molecule has 0 aromatic rings. The predicted molar refractivity (Wildman–Crippen MR) is 65.8 cm³/mol. The Kier molecular flexibility index (Phi) is 4.17. The first kappa shape index (κ1) is 14.0. The second-order valence-electron chi connectivity index (χ2n) is 5.81. The summed E-state index contributed by atoms with van der Waals surface area (Å²) in [5.41, 5.74) is -0.511. The van der Waals surface area contributed by atoms with E-state index < -0.39 is 5.60 Å². The van der Waals surface area contributed by atoms with Crippen LogP contribution in [0.2, 0.25) is 0 Å². The Morgan fingerprint density at radius 3 is 2.41 bits per heavy atom. The summed E-state index contributed by atoms with van der Waals surface area (Å²) >= 11 is 0. The molecule has 0 N–H and O–H groups in total. The average molecular weight is 241 g/mol. The molecular formula is C13H23NO3. The number of ketones is 1. The highest BCUT2D eigenvalue weighted by atomic mass is 16.6. The minimum Gasteiger partial charge on any atom is -0.444 e. The van der Waals surface area contributed by atoms with E-state index in [1.165, 1.54) is 0 Å². The average Bonchev–Trinajstić information content (AvgIpc) is 2.56. The Morgan fingerprint density at radius 1 is 1.35 bits per heavy atom. The van der Waals surface area contributed by atoms with Crippen molar-refractivity contribution in [1.82, 2.24) is 4.90 Å². The highest BCUT2D eigenvalue weighted by Gasteiger charge is 2.38. The molecular weight excluding hydrogens is 218 g/mol. The van der Waals surface area contributed by atoms with Crippen LogP contribution in [0.4, 0.5) is 4.79 Å². The van der Waals surface area contributed by atoms with Crippen molar-refractivity contribution < 1.29 is 14.3 Å². The van der Waals surface area contributed by atoms with Gasteiger partial charge in [-0.05, 0) is 33.1 Å². The van der Waals surface area contributed by atoms with Gasteiger partial charge in [-0.3, -0.25) is 9.69 Å². The number of Topliss-reactive ketones (excluding diaryl/α,β-unsaturated/α-hetero) is 1. The molecule has 0 saturated carbocycles. The summed E-state index contributed by atoms with van der Waals surface area (Å²) in [4.78, 5) is 25.4. The molecule has 2 atom stereocenters. The zero-order valence-electron chi connectivity index (χ0n) is 11.4. The summed E-state index contributed by atoms with van der Waals surface area (Å²) in [7, 11) is 0. The maximum atomic E-state index is 12.0. The van der Waals surface area contributed by atoms with Crippen LogP contribution in [0, 0.1) is 5.92 Å². The molecule has 0 spiro atoms. The van der Waals surface area contributed by atoms with E-state index in [-0.39, 0.29) is 17.9 Å². The Labute approximate surface area is 103 Å². The first-order chi connectivity index (χ1) is 7.74. The first-order valence-corrected chi connectivity index (χ1v) is 6.27. The highest BCUT2D eigenvalue weighted by molar-refractivity contribution is 5.87. The molecule has 17 heavy (non-hydrogen) atoms. The third-order valence-corrected chi connectivity index (χ3v) is 2.86. The van der Waals surface area contributed by atoms with Crippen molar-refractivity contribution in [3.05, 3.63) is 0 Å². The Morgan fingerprint density at radius 2 is 1.94 bits per heavy atom. The molecule has 1 amide bonds. The number of carbonyl (C=O) groups excluding carboxylic acids is 2. The van der Waals surface area contributed by atoms with E-state index in [0.717, 1.165) is 6.42 Å². The summed E-state index contributed by atoms with van der Waals surface area (Å²) < 4.78 is 5.33. The summed E-state index contributed by atoms with van der Waals surface area (Å²) in [5, 5.41) is 0. The van der Waals surface area contributed by atoms with Gasteiger partial charge in [0.2, 0.25) is 0 Å². The fourth-order valence-corrected chi connectivity index (χ4v) is 2.11. The van der Waals surface area contributed by atoms with E-state index in [9.17, 15) is 9.59 Å². The van der Waals surface area contributed by atoms with Gasteiger partial charge in [-0.25, -0.2) is 4.79 Å². The number of likely N-dealkylation sites (tertiary alicyclic amines) is 1. The van der Waals surface area contributed by atoms with Crippen molar-refractivity contribution in [3.8, 4) is 0 Å². The maximum Gasteiger partial charge on any atom is 0.410 e. The fourth-order valence-electron chi connectivity index (χ4n) is 2.11. The SMILES string of the molecule is CCC(=O)[C@@H]1C[C@@H](C)CN1C(=O)OC(C)(C)C. The summed E-state index contributed by atoms with van der Waals surface area (Å²) in [6.45, 7) is 10.0. The van der Waals surface area contributed by atoms with Gasteiger partial charge >= 0.3 is 6.09 Å². The number of carbonyl (C=O) groups is 2. The third-order valence-electron chi connectivity index (χ3n) is 2.86. The van der Waals surface area contributed by atoms with E-state index in [1.54, 1.807) is 4.90 Å². The van der Waals surface area contributed by atoms with Crippen LogP contribution in [0.1, 0.15) is 47.5 Å². The van der Waals surface area contributed by atoms with Gasteiger partial charge in [-0.1, -0.05) is 13.8 Å². The molecule has 1 aliphatic heterocycles. The normalized spacial score (nSPS) is 24.9. The number of ether oxygens (including phenoxy) is 1. The van der Waals surface area contributed by atoms with Gasteiger partial charge in [0.1, 0.15) is 5.60 Å². The molecule has 0 aliphatic carbocycles. The lowest BCUT2D eigenvalue weighted by Crippen LogP contribution is -2.43. The van der Waals surface area contributed by atoms with Gasteiger partial charge in [0, 0.05) is 13.0 Å². The molecule has 1 rings (SSSR count). The lowest BCUT2D eigenvalue weighted by molar-refractivity contribution is -0.123. The second-order valence-corrected chi connectivity index (χ2v) is 5.81. The van der Waals surface area contributed by atoms with E-state index >= 15 is 0 Å². The maximum absolute atomic E-state index is 12.0. The molecule has 98 valence electrons. The zero-order valence-corrected chi connectivity index (χ0v) is 11.4. The van der Waals surface area contributed by atoms with Gasteiger partial charge in [0.15, 0.2) is 5.78 Å². The lowest BCUT2D eigenvalue weighted by atomic mass is 10.0. The van der Waals surface area contributed by atoms with Crippen LogP contribution in [0.5, 0.6) is 0 Å². The highest BCUT2D eigenvalue weighted by Crippen LogP contribution is 2.26. The number of rotatable bonds is 2. The molecule has 1 aliphatic rings. The minimum atomic E-state index is -0.511.